The second-order valence-electron chi connectivity index (χ2n) is 5.58. The zero-order valence-corrected chi connectivity index (χ0v) is 11.4. The molecular formula is C14H22OSi. The van der Waals surface area contributed by atoms with Crippen molar-refractivity contribution in [1.82, 2.24) is 0 Å². The van der Waals surface area contributed by atoms with Crippen LogP contribution in [-0.2, 0) is 0 Å². The number of hydrogen-bond donors (Lipinski definition) is 1. The van der Waals surface area contributed by atoms with E-state index in [0.717, 1.165) is 12.8 Å². The Morgan fingerprint density at radius 3 is 2.12 bits per heavy atom. The average Bonchev–Trinajstić information content (AvgIpc) is 2.31. The van der Waals surface area contributed by atoms with Crippen molar-refractivity contribution >= 4 is 13.3 Å². The summed E-state index contributed by atoms with van der Waals surface area (Å²) in [6, 6.07) is 10.6. The summed E-state index contributed by atoms with van der Waals surface area (Å²) in [6.45, 7) is 4.63. The van der Waals surface area contributed by atoms with Crippen molar-refractivity contribution in [3.63, 3.8) is 0 Å². The van der Waals surface area contributed by atoms with Gasteiger partial charge in [-0.25, -0.2) is 0 Å². The van der Waals surface area contributed by atoms with Gasteiger partial charge in [-0.3, -0.25) is 0 Å². The van der Waals surface area contributed by atoms with Gasteiger partial charge in [0.2, 0.25) is 0 Å². The van der Waals surface area contributed by atoms with Crippen LogP contribution in [0, 0.1) is 0 Å². The maximum Gasteiger partial charge on any atom is 0.117 e. The summed E-state index contributed by atoms with van der Waals surface area (Å²) >= 11 is 0. The van der Waals surface area contributed by atoms with Crippen LogP contribution in [0.25, 0.3) is 0 Å². The Morgan fingerprint density at radius 1 is 1.00 bits per heavy atom. The highest BCUT2D eigenvalue weighted by molar-refractivity contribution is 6.92. The summed E-state index contributed by atoms with van der Waals surface area (Å²) < 4.78 is 0. The third kappa shape index (κ3) is 1.96. The molecule has 0 bridgehead atoms. The van der Waals surface area contributed by atoms with E-state index in [9.17, 15) is 5.11 Å². The molecule has 1 aromatic carbocycles. The molecule has 16 heavy (non-hydrogen) atoms. The van der Waals surface area contributed by atoms with Crippen LogP contribution >= 0.6 is 0 Å². The Kier molecular flexibility index (Phi) is 3.22. The lowest BCUT2D eigenvalue weighted by molar-refractivity contribution is 0.0751. The Labute approximate surface area is 99.5 Å². The van der Waals surface area contributed by atoms with Crippen molar-refractivity contribution in [2.75, 3.05) is 0 Å². The van der Waals surface area contributed by atoms with Gasteiger partial charge in [0.15, 0.2) is 0 Å². The lowest BCUT2D eigenvalue weighted by atomic mass is 9.97. The van der Waals surface area contributed by atoms with Crippen LogP contribution in [0.2, 0.25) is 13.1 Å². The molecule has 2 heteroatoms. The second kappa shape index (κ2) is 4.34. The zero-order chi connectivity index (χ0) is 11.6. The van der Waals surface area contributed by atoms with Crippen molar-refractivity contribution in [3.8, 4) is 0 Å². The van der Waals surface area contributed by atoms with Gasteiger partial charge in [0.05, 0.1) is 5.22 Å². The van der Waals surface area contributed by atoms with Crippen molar-refractivity contribution in [2.24, 2.45) is 0 Å². The third-order valence-electron chi connectivity index (χ3n) is 4.34. The molecule has 0 radical (unpaired) electrons. The molecule has 1 fully saturated rings. The van der Waals surface area contributed by atoms with Gasteiger partial charge >= 0.3 is 0 Å². The molecule has 1 aromatic rings. The van der Waals surface area contributed by atoms with Crippen LogP contribution in [0.1, 0.15) is 32.1 Å². The minimum absolute atomic E-state index is 0.382. The lowest BCUT2D eigenvalue weighted by Gasteiger charge is -2.44. The van der Waals surface area contributed by atoms with E-state index in [1.165, 1.54) is 24.4 Å². The van der Waals surface area contributed by atoms with Gasteiger partial charge in [0.25, 0.3) is 0 Å². The minimum atomic E-state index is -1.75. The molecule has 0 aromatic heterocycles. The van der Waals surface area contributed by atoms with E-state index < -0.39 is 8.07 Å². The predicted molar refractivity (Wildman–Crippen MR) is 71.6 cm³/mol. The molecule has 1 nitrogen and oxygen atoms in total. The minimum Gasteiger partial charge on any atom is -0.393 e. The van der Waals surface area contributed by atoms with Gasteiger partial charge in [-0.15, -0.1) is 0 Å². The van der Waals surface area contributed by atoms with Gasteiger partial charge in [-0.2, -0.15) is 0 Å². The first-order chi connectivity index (χ1) is 7.56. The van der Waals surface area contributed by atoms with E-state index in [1.54, 1.807) is 0 Å². The van der Waals surface area contributed by atoms with E-state index >= 15 is 0 Å². The van der Waals surface area contributed by atoms with E-state index in [4.69, 9.17) is 0 Å². The second-order valence-corrected chi connectivity index (χ2v) is 10.3. The average molecular weight is 234 g/mol. The molecule has 88 valence electrons. The summed E-state index contributed by atoms with van der Waals surface area (Å²) in [5, 5.41) is 11.9. The van der Waals surface area contributed by atoms with Crippen molar-refractivity contribution in [1.29, 1.82) is 0 Å². The molecular weight excluding hydrogens is 212 g/mol. The van der Waals surface area contributed by atoms with Crippen molar-refractivity contribution in [3.05, 3.63) is 30.3 Å². The largest absolute Gasteiger partial charge is 0.393 e. The first kappa shape index (κ1) is 11.9. The maximum atomic E-state index is 10.9. The van der Waals surface area contributed by atoms with Gasteiger partial charge < -0.3 is 5.11 Å². The third-order valence-corrected chi connectivity index (χ3v) is 8.94. The summed E-state index contributed by atoms with van der Waals surface area (Å²) in [5.41, 5.74) is 0. The standard InChI is InChI=1S/C14H22OSi/c1-16(2,13-9-5-3-6-10-13)14(15)11-7-4-8-12-14/h3,5-6,9-10,15H,4,7-8,11-12H2,1-2H3. The molecule has 1 N–H and O–H groups in total. The Balaban J connectivity index is 2.30. The van der Waals surface area contributed by atoms with E-state index in [2.05, 4.69) is 43.4 Å². The fourth-order valence-electron chi connectivity index (χ4n) is 2.89. The maximum absolute atomic E-state index is 10.9. The van der Waals surface area contributed by atoms with Crippen LogP contribution in [0.4, 0.5) is 0 Å². The van der Waals surface area contributed by atoms with Crippen LogP contribution in [0.15, 0.2) is 30.3 Å². The monoisotopic (exact) mass is 234 g/mol. The summed E-state index contributed by atoms with van der Waals surface area (Å²) in [6.07, 6.45) is 5.68. The fraction of sp³-hybridized carbons (Fsp3) is 0.571. The van der Waals surface area contributed by atoms with Gasteiger partial charge in [0, 0.05) is 0 Å². The zero-order valence-electron chi connectivity index (χ0n) is 10.4. The number of rotatable bonds is 2. The highest BCUT2D eigenvalue weighted by Crippen LogP contribution is 2.35. The van der Waals surface area contributed by atoms with Crippen LogP contribution < -0.4 is 5.19 Å². The van der Waals surface area contributed by atoms with Crippen LogP contribution in [0.3, 0.4) is 0 Å². The summed E-state index contributed by atoms with van der Waals surface area (Å²) in [4.78, 5) is 0. The molecule has 0 spiro atoms. The van der Waals surface area contributed by atoms with Crippen LogP contribution in [0.5, 0.6) is 0 Å². The quantitative estimate of drug-likeness (QED) is 0.780. The lowest BCUT2D eigenvalue weighted by Crippen LogP contribution is -2.62. The van der Waals surface area contributed by atoms with Crippen LogP contribution in [-0.4, -0.2) is 18.4 Å². The Bertz CT molecular complexity index is 339. The molecule has 1 aliphatic rings. The van der Waals surface area contributed by atoms with Crippen molar-refractivity contribution < 1.29 is 5.11 Å². The Morgan fingerprint density at radius 2 is 1.56 bits per heavy atom. The Hall–Kier alpha value is -0.603. The first-order valence-electron chi connectivity index (χ1n) is 6.34. The molecule has 2 rings (SSSR count). The van der Waals surface area contributed by atoms with Gasteiger partial charge in [-0.1, -0.05) is 67.9 Å². The molecule has 0 atom stereocenters. The number of hydrogen-bond acceptors (Lipinski definition) is 1. The molecule has 0 saturated heterocycles. The van der Waals surface area contributed by atoms with Gasteiger partial charge in [-0.05, 0) is 12.8 Å². The van der Waals surface area contributed by atoms with Gasteiger partial charge in [0.1, 0.15) is 8.07 Å². The number of aliphatic hydroxyl groups is 1. The number of benzene rings is 1. The van der Waals surface area contributed by atoms with E-state index in [1.807, 2.05) is 0 Å². The van der Waals surface area contributed by atoms with E-state index in [-0.39, 0.29) is 5.22 Å². The van der Waals surface area contributed by atoms with Crippen molar-refractivity contribution in [2.45, 2.75) is 50.4 Å². The molecule has 0 amide bonds. The fourth-order valence-corrected chi connectivity index (χ4v) is 6.05. The molecule has 0 unspecified atom stereocenters. The SMILES string of the molecule is C[Si](C)(c1ccccc1)C1(O)CCCCC1. The van der Waals surface area contributed by atoms with E-state index in [0.29, 0.717) is 0 Å². The molecule has 1 aliphatic carbocycles. The topological polar surface area (TPSA) is 20.2 Å². The smallest absolute Gasteiger partial charge is 0.117 e. The summed E-state index contributed by atoms with van der Waals surface area (Å²) in [5.74, 6) is 0. The predicted octanol–water partition coefficient (Wildman–Crippen LogP) is 2.84. The molecule has 0 aliphatic heterocycles. The highest BCUT2D eigenvalue weighted by atomic mass is 28.3. The normalized spacial score (nSPS) is 20.7. The first-order valence-corrected chi connectivity index (χ1v) is 9.34. The highest BCUT2D eigenvalue weighted by Gasteiger charge is 2.46. The molecule has 1 saturated carbocycles. The summed E-state index contributed by atoms with van der Waals surface area (Å²) in [7, 11) is -1.75. The molecule has 0 heterocycles.